The summed E-state index contributed by atoms with van der Waals surface area (Å²) in [5, 5.41) is 3.24. The molecule has 0 unspecified atom stereocenters. The van der Waals surface area contributed by atoms with Crippen molar-refractivity contribution in [1.82, 2.24) is 15.2 Å². The van der Waals surface area contributed by atoms with Gasteiger partial charge in [-0.1, -0.05) is 25.7 Å². The molecular formula is C19H29N3O. The van der Waals surface area contributed by atoms with Gasteiger partial charge in [0.25, 0.3) is 5.91 Å². The van der Waals surface area contributed by atoms with Crippen LogP contribution in [0.3, 0.4) is 0 Å². The number of rotatable bonds is 3. The Balaban J connectivity index is 1.58. The Bertz CT molecular complexity index is 523. The first kappa shape index (κ1) is 16.4. The van der Waals surface area contributed by atoms with Gasteiger partial charge in [-0.15, -0.1) is 0 Å². The predicted molar refractivity (Wildman–Crippen MR) is 92.5 cm³/mol. The fourth-order valence-corrected chi connectivity index (χ4v) is 4.07. The molecule has 0 radical (unpaired) electrons. The van der Waals surface area contributed by atoms with E-state index in [9.17, 15) is 4.79 Å². The van der Waals surface area contributed by atoms with Crippen LogP contribution in [0.25, 0.3) is 0 Å². The number of amides is 1. The minimum atomic E-state index is 0.0308. The minimum absolute atomic E-state index is 0.0308. The molecule has 1 saturated heterocycles. The van der Waals surface area contributed by atoms with Crippen molar-refractivity contribution in [3.05, 3.63) is 29.6 Å². The van der Waals surface area contributed by atoms with Crippen LogP contribution in [-0.4, -0.2) is 41.0 Å². The second kappa shape index (κ2) is 7.91. The average molecular weight is 315 g/mol. The summed E-state index contributed by atoms with van der Waals surface area (Å²) in [6.45, 7) is 4.10. The number of pyridine rings is 1. The van der Waals surface area contributed by atoms with Gasteiger partial charge in [0.15, 0.2) is 0 Å². The van der Waals surface area contributed by atoms with E-state index < -0.39 is 0 Å². The summed E-state index contributed by atoms with van der Waals surface area (Å²) in [7, 11) is 0. The molecule has 1 aromatic heterocycles. The molecule has 4 nitrogen and oxygen atoms in total. The van der Waals surface area contributed by atoms with Crippen LogP contribution >= 0.6 is 0 Å². The van der Waals surface area contributed by atoms with E-state index in [1.165, 1.54) is 51.5 Å². The Labute approximate surface area is 139 Å². The quantitative estimate of drug-likeness (QED) is 0.871. The van der Waals surface area contributed by atoms with E-state index in [1.54, 1.807) is 6.20 Å². The van der Waals surface area contributed by atoms with Crippen LogP contribution in [0.2, 0.25) is 0 Å². The molecule has 1 aliphatic heterocycles. The number of carbonyl (C=O) groups excluding carboxylic acids is 1. The molecule has 4 heteroatoms. The summed E-state index contributed by atoms with van der Waals surface area (Å²) in [6, 6.07) is 4.71. The zero-order valence-corrected chi connectivity index (χ0v) is 14.3. The highest BCUT2D eigenvalue weighted by molar-refractivity contribution is 5.95. The maximum atomic E-state index is 12.5. The number of nitrogens with zero attached hydrogens (tertiary/aromatic N) is 2. The molecule has 1 saturated carbocycles. The standard InChI is InChI=1S/C19H29N3O/c1-15-18(11-6-12-20-15)19(23)21-16-8-7-13-22(14-16)17-9-4-2-3-5-10-17/h6,11-12,16-17H,2-5,7-10,13-14H2,1H3,(H,21,23)/t16-/m1/s1. The SMILES string of the molecule is Cc1ncccc1C(=O)N[C@@H]1CCCN(C2CCCCCC2)C1. The third-order valence-corrected chi connectivity index (χ3v) is 5.38. The van der Waals surface area contributed by atoms with E-state index in [4.69, 9.17) is 0 Å². The van der Waals surface area contributed by atoms with Crippen molar-refractivity contribution in [2.45, 2.75) is 70.4 Å². The molecule has 1 N–H and O–H groups in total. The van der Waals surface area contributed by atoms with Gasteiger partial charge in [-0.05, 0) is 51.3 Å². The highest BCUT2D eigenvalue weighted by Gasteiger charge is 2.27. The summed E-state index contributed by atoms with van der Waals surface area (Å²) < 4.78 is 0. The number of aromatic nitrogens is 1. The topological polar surface area (TPSA) is 45.2 Å². The van der Waals surface area contributed by atoms with Crippen molar-refractivity contribution in [1.29, 1.82) is 0 Å². The molecule has 0 bridgehead atoms. The monoisotopic (exact) mass is 315 g/mol. The van der Waals surface area contributed by atoms with Gasteiger partial charge in [0.2, 0.25) is 0 Å². The average Bonchev–Trinajstić information content (AvgIpc) is 2.85. The maximum absolute atomic E-state index is 12.5. The van der Waals surface area contributed by atoms with Crippen molar-refractivity contribution in [2.75, 3.05) is 13.1 Å². The predicted octanol–water partition coefficient (Wildman–Crippen LogP) is 3.31. The minimum Gasteiger partial charge on any atom is -0.348 e. The lowest BCUT2D eigenvalue weighted by molar-refractivity contribution is 0.0859. The molecule has 126 valence electrons. The van der Waals surface area contributed by atoms with Crippen molar-refractivity contribution in [3.8, 4) is 0 Å². The number of carbonyl (C=O) groups is 1. The highest BCUT2D eigenvalue weighted by atomic mass is 16.1. The normalized spacial score (nSPS) is 24.1. The van der Waals surface area contributed by atoms with Gasteiger partial charge in [-0.25, -0.2) is 0 Å². The zero-order chi connectivity index (χ0) is 16.1. The second-order valence-electron chi connectivity index (χ2n) is 7.09. The summed E-state index contributed by atoms with van der Waals surface area (Å²) in [6.07, 6.45) is 12.2. The Morgan fingerprint density at radius 2 is 1.96 bits per heavy atom. The molecule has 3 rings (SSSR count). The molecule has 1 atom stereocenters. The molecular weight excluding hydrogens is 286 g/mol. The number of piperidine rings is 1. The lowest BCUT2D eigenvalue weighted by Gasteiger charge is -2.38. The van der Waals surface area contributed by atoms with E-state index in [2.05, 4.69) is 15.2 Å². The molecule has 1 amide bonds. The van der Waals surface area contributed by atoms with Gasteiger partial charge >= 0.3 is 0 Å². The van der Waals surface area contributed by atoms with E-state index in [0.29, 0.717) is 5.56 Å². The van der Waals surface area contributed by atoms with Crippen LogP contribution in [0.15, 0.2) is 18.3 Å². The van der Waals surface area contributed by atoms with E-state index in [-0.39, 0.29) is 11.9 Å². The van der Waals surface area contributed by atoms with Gasteiger partial charge in [0, 0.05) is 30.5 Å². The molecule has 2 fully saturated rings. The first-order valence-corrected chi connectivity index (χ1v) is 9.20. The molecule has 2 heterocycles. The number of likely N-dealkylation sites (tertiary alicyclic amines) is 1. The summed E-state index contributed by atoms with van der Waals surface area (Å²) in [4.78, 5) is 19.4. The number of aryl methyl sites for hydroxylation is 1. The third-order valence-electron chi connectivity index (χ3n) is 5.38. The van der Waals surface area contributed by atoms with E-state index in [1.807, 2.05) is 19.1 Å². The van der Waals surface area contributed by atoms with Crippen LogP contribution in [0.4, 0.5) is 0 Å². The van der Waals surface area contributed by atoms with Crippen LogP contribution < -0.4 is 5.32 Å². The first-order chi connectivity index (χ1) is 11.2. The van der Waals surface area contributed by atoms with Crippen LogP contribution in [0, 0.1) is 6.92 Å². The number of nitrogens with one attached hydrogen (secondary N) is 1. The molecule has 1 aliphatic carbocycles. The zero-order valence-electron chi connectivity index (χ0n) is 14.3. The Kier molecular flexibility index (Phi) is 5.65. The van der Waals surface area contributed by atoms with E-state index in [0.717, 1.165) is 24.7 Å². The van der Waals surface area contributed by atoms with Gasteiger partial charge in [0.1, 0.15) is 0 Å². The maximum Gasteiger partial charge on any atom is 0.253 e. The van der Waals surface area contributed by atoms with E-state index >= 15 is 0 Å². The number of hydrogen-bond donors (Lipinski definition) is 1. The summed E-state index contributed by atoms with van der Waals surface area (Å²) in [5.74, 6) is 0.0308. The Morgan fingerprint density at radius 3 is 2.70 bits per heavy atom. The molecule has 1 aromatic rings. The van der Waals surface area contributed by atoms with Crippen molar-refractivity contribution >= 4 is 5.91 Å². The largest absolute Gasteiger partial charge is 0.348 e. The van der Waals surface area contributed by atoms with Gasteiger partial charge < -0.3 is 5.32 Å². The fraction of sp³-hybridized carbons (Fsp3) is 0.684. The molecule has 2 aliphatic rings. The van der Waals surface area contributed by atoms with Crippen molar-refractivity contribution in [3.63, 3.8) is 0 Å². The highest BCUT2D eigenvalue weighted by Crippen LogP contribution is 2.24. The molecule has 0 aromatic carbocycles. The summed E-state index contributed by atoms with van der Waals surface area (Å²) in [5.41, 5.74) is 1.51. The van der Waals surface area contributed by atoms with Crippen LogP contribution in [0.1, 0.15) is 67.4 Å². The molecule has 0 spiro atoms. The van der Waals surface area contributed by atoms with Crippen molar-refractivity contribution in [2.24, 2.45) is 0 Å². The second-order valence-corrected chi connectivity index (χ2v) is 7.09. The van der Waals surface area contributed by atoms with Gasteiger partial charge in [0.05, 0.1) is 5.56 Å². The first-order valence-electron chi connectivity index (χ1n) is 9.20. The summed E-state index contributed by atoms with van der Waals surface area (Å²) >= 11 is 0. The lowest BCUT2D eigenvalue weighted by Crippen LogP contribution is -2.51. The Morgan fingerprint density at radius 1 is 1.17 bits per heavy atom. The molecule has 23 heavy (non-hydrogen) atoms. The van der Waals surface area contributed by atoms with Crippen molar-refractivity contribution < 1.29 is 4.79 Å². The third kappa shape index (κ3) is 4.31. The Hall–Kier alpha value is -1.42. The lowest BCUT2D eigenvalue weighted by atomic mass is 9.99. The fourth-order valence-electron chi connectivity index (χ4n) is 4.07. The van der Waals surface area contributed by atoms with Crippen LogP contribution in [0.5, 0.6) is 0 Å². The van der Waals surface area contributed by atoms with Gasteiger partial charge in [-0.2, -0.15) is 0 Å². The smallest absolute Gasteiger partial charge is 0.253 e. The number of hydrogen-bond acceptors (Lipinski definition) is 3. The van der Waals surface area contributed by atoms with Crippen LogP contribution in [-0.2, 0) is 0 Å². The van der Waals surface area contributed by atoms with Gasteiger partial charge in [-0.3, -0.25) is 14.7 Å².